The van der Waals surface area contributed by atoms with Crippen molar-refractivity contribution in [3.8, 4) is 11.5 Å². The van der Waals surface area contributed by atoms with Crippen molar-refractivity contribution in [3.05, 3.63) is 115 Å². The largest absolute Gasteiger partial charge is 0.507 e. The Kier molecular flexibility index (Phi) is 6.71. The molecular formula is C28H26O4S. The Bertz CT molecular complexity index is 1170. The van der Waals surface area contributed by atoms with E-state index in [9.17, 15) is 9.90 Å². The van der Waals surface area contributed by atoms with Crippen LogP contribution in [0.15, 0.2) is 124 Å². The Morgan fingerprint density at radius 1 is 0.697 bits per heavy atom. The van der Waals surface area contributed by atoms with Gasteiger partial charge in [0.05, 0.1) is 6.10 Å². The molecule has 0 aromatic heterocycles. The fraction of sp³-hybridized carbons (Fsp3) is 0.107. The molecule has 0 aliphatic heterocycles. The predicted octanol–water partition coefficient (Wildman–Crippen LogP) is 7.23. The average Bonchev–Trinajstić information content (AvgIpc) is 2.84. The summed E-state index contributed by atoms with van der Waals surface area (Å²) in [4.78, 5) is 16.0. The molecule has 0 radical (unpaired) electrons. The molecule has 0 saturated carbocycles. The number of carbonyl (C=O) groups excluding carboxylic acids is 1. The quantitative estimate of drug-likeness (QED) is 0.317. The first-order valence-corrected chi connectivity index (χ1v) is 12.3. The highest BCUT2D eigenvalue weighted by Gasteiger charge is 2.36. The lowest BCUT2D eigenvalue weighted by atomic mass is 10.2. The average molecular weight is 459 g/mol. The van der Waals surface area contributed by atoms with Crippen LogP contribution in [0.5, 0.6) is 11.5 Å². The molecule has 4 nitrogen and oxygen atoms in total. The van der Waals surface area contributed by atoms with Gasteiger partial charge in [-0.2, -0.15) is 0 Å². The first-order valence-electron chi connectivity index (χ1n) is 10.7. The molecule has 0 spiro atoms. The molecule has 33 heavy (non-hydrogen) atoms. The van der Waals surface area contributed by atoms with E-state index in [1.165, 1.54) is 6.07 Å². The van der Waals surface area contributed by atoms with E-state index in [0.717, 1.165) is 20.4 Å². The number of carbonyl (C=O) groups is 1. The second-order valence-electron chi connectivity index (χ2n) is 7.71. The van der Waals surface area contributed by atoms with Gasteiger partial charge in [-0.05, 0) is 84.8 Å². The minimum Gasteiger partial charge on any atom is -0.507 e. The SMILES string of the molecule is CC(C)Oc1ccc(S(OC(=O)c2ccccc2O)(c2ccccc2)c2ccccc2)cc1. The van der Waals surface area contributed by atoms with Crippen LogP contribution in [0.3, 0.4) is 0 Å². The molecule has 0 aliphatic rings. The third-order valence-electron chi connectivity index (χ3n) is 5.00. The maximum atomic E-state index is 13.4. The Morgan fingerprint density at radius 2 is 1.18 bits per heavy atom. The fourth-order valence-electron chi connectivity index (χ4n) is 3.56. The molecule has 0 unspecified atom stereocenters. The van der Waals surface area contributed by atoms with Gasteiger partial charge in [-0.3, -0.25) is 0 Å². The number of ether oxygens (including phenoxy) is 1. The summed E-state index contributed by atoms with van der Waals surface area (Å²) in [5.74, 6) is 0.0473. The topological polar surface area (TPSA) is 55.8 Å². The first kappa shape index (κ1) is 22.5. The van der Waals surface area contributed by atoms with Crippen LogP contribution >= 0.6 is 10.3 Å². The van der Waals surface area contributed by atoms with E-state index >= 15 is 0 Å². The number of rotatable bonds is 7. The lowest BCUT2D eigenvalue weighted by molar-refractivity contribution is 0.0754. The van der Waals surface area contributed by atoms with Gasteiger partial charge in [-0.25, -0.2) is 4.79 Å². The van der Waals surface area contributed by atoms with E-state index in [2.05, 4.69) is 0 Å². The van der Waals surface area contributed by atoms with Crippen LogP contribution in [0.4, 0.5) is 0 Å². The van der Waals surface area contributed by atoms with Crippen molar-refractivity contribution in [1.29, 1.82) is 0 Å². The lowest BCUT2D eigenvalue weighted by Crippen LogP contribution is -2.14. The van der Waals surface area contributed by atoms with Gasteiger partial charge in [0.1, 0.15) is 17.1 Å². The highest BCUT2D eigenvalue weighted by atomic mass is 32.3. The number of aromatic hydroxyl groups is 1. The van der Waals surface area contributed by atoms with Crippen molar-refractivity contribution in [2.75, 3.05) is 0 Å². The van der Waals surface area contributed by atoms with Gasteiger partial charge < -0.3 is 14.0 Å². The minimum atomic E-state index is -2.46. The molecule has 0 heterocycles. The van der Waals surface area contributed by atoms with Crippen molar-refractivity contribution < 1.29 is 18.8 Å². The van der Waals surface area contributed by atoms with Gasteiger partial charge in [0, 0.05) is 14.7 Å². The van der Waals surface area contributed by atoms with E-state index in [0.29, 0.717) is 0 Å². The van der Waals surface area contributed by atoms with Crippen molar-refractivity contribution >= 4 is 16.3 Å². The lowest BCUT2D eigenvalue weighted by Gasteiger charge is -2.39. The number of benzene rings is 4. The van der Waals surface area contributed by atoms with E-state index in [1.807, 2.05) is 98.8 Å². The van der Waals surface area contributed by atoms with Crippen LogP contribution in [0.2, 0.25) is 0 Å². The maximum Gasteiger partial charge on any atom is 0.353 e. The standard InChI is InChI=1S/C28H26O4S/c1-21(2)31-22-17-19-25(20-18-22)33(23-11-5-3-6-12-23,24-13-7-4-8-14-24)32-28(30)26-15-9-10-16-27(26)29/h3-21,29H,1-2H3. The van der Waals surface area contributed by atoms with Gasteiger partial charge in [-0.1, -0.05) is 48.5 Å². The Hall–Kier alpha value is -3.70. The fourth-order valence-corrected chi connectivity index (χ4v) is 6.59. The van der Waals surface area contributed by atoms with Crippen molar-refractivity contribution in [2.24, 2.45) is 0 Å². The summed E-state index contributed by atoms with van der Waals surface area (Å²) in [6, 6.07) is 33.6. The van der Waals surface area contributed by atoms with Crippen LogP contribution in [-0.4, -0.2) is 17.2 Å². The zero-order valence-corrected chi connectivity index (χ0v) is 19.4. The highest BCUT2D eigenvalue weighted by Crippen LogP contribution is 2.69. The third-order valence-corrected chi connectivity index (χ3v) is 8.21. The molecule has 0 amide bonds. The van der Waals surface area contributed by atoms with Crippen LogP contribution in [-0.2, 0) is 4.18 Å². The van der Waals surface area contributed by atoms with Crippen LogP contribution in [0.1, 0.15) is 24.2 Å². The Labute approximate surface area is 196 Å². The number of phenols is 1. The van der Waals surface area contributed by atoms with Crippen molar-refractivity contribution in [3.63, 3.8) is 0 Å². The highest BCUT2D eigenvalue weighted by molar-refractivity contribution is 8.30. The maximum absolute atomic E-state index is 13.4. The Morgan fingerprint density at radius 3 is 1.70 bits per heavy atom. The number of hydrogen-bond acceptors (Lipinski definition) is 4. The summed E-state index contributed by atoms with van der Waals surface area (Å²) in [5.41, 5.74) is 0.126. The number of phenolic OH excluding ortho intramolecular Hbond substituents is 1. The molecule has 4 aromatic carbocycles. The van der Waals surface area contributed by atoms with E-state index in [-0.39, 0.29) is 17.4 Å². The summed E-state index contributed by atoms with van der Waals surface area (Å²) in [5, 5.41) is 10.3. The summed E-state index contributed by atoms with van der Waals surface area (Å²) >= 11 is 0. The molecule has 4 aromatic rings. The number of hydrogen-bond donors (Lipinski definition) is 1. The smallest absolute Gasteiger partial charge is 0.353 e. The molecule has 168 valence electrons. The molecule has 0 saturated heterocycles. The zero-order chi connectivity index (χ0) is 23.3. The van der Waals surface area contributed by atoms with Gasteiger partial charge in [-0.15, -0.1) is 0 Å². The van der Waals surface area contributed by atoms with E-state index in [4.69, 9.17) is 8.92 Å². The molecule has 1 N–H and O–H groups in total. The van der Waals surface area contributed by atoms with Gasteiger partial charge in [0.15, 0.2) is 0 Å². The van der Waals surface area contributed by atoms with Crippen LogP contribution < -0.4 is 4.74 Å². The van der Waals surface area contributed by atoms with Gasteiger partial charge >= 0.3 is 5.97 Å². The summed E-state index contributed by atoms with van der Waals surface area (Å²) in [6.07, 6.45) is 0.0510. The van der Waals surface area contributed by atoms with Gasteiger partial charge in [0.2, 0.25) is 0 Å². The first-order chi connectivity index (χ1) is 16.0. The number of para-hydroxylation sites is 1. The molecule has 0 aliphatic carbocycles. The molecule has 4 rings (SSSR count). The molecular weight excluding hydrogens is 432 g/mol. The molecule has 0 atom stereocenters. The van der Waals surface area contributed by atoms with Gasteiger partial charge in [0.25, 0.3) is 0 Å². The van der Waals surface area contributed by atoms with E-state index in [1.54, 1.807) is 18.2 Å². The zero-order valence-electron chi connectivity index (χ0n) is 18.5. The molecule has 0 bridgehead atoms. The van der Waals surface area contributed by atoms with Crippen LogP contribution in [0.25, 0.3) is 0 Å². The molecule has 5 heteroatoms. The monoisotopic (exact) mass is 458 g/mol. The van der Waals surface area contributed by atoms with Crippen molar-refractivity contribution in [2.45, 2.75) is 34.6 Å². The predicted molar refractivity (Wildman–Crippen MR) is 131 cm³/mol. The summed E-state index contributed by atoms with van der Waals surface area (Å²) in [6.45, 7) is 3.96. The minimum absolute atomic E-state index is 0.0510. The Balaban J connectivity index is 1.91. The van der Waals surface area contributed by atoms with E-state index < -0.39 is 16.3 Å². The van der Waals surface area contributed by atoms with Crippen molar-refractivity contribution in [1.82, 2.24) is 0 Å². The second kappa shape index (κ2) is 9.84. The summed E-state index contributed by atoms with van der Waals surface area (Å²) in [7, 11) is -2.46. The molecule has 0 fully saturated rings. The summed E-state index contributed by atoms with van der Waals surface area (Å²) < 4.78 is 12.3. The van der Waals surface area contributed by atoms with Crippen LogP contribution in [0, 0.1) is 0 Å². The normalized spacial score (nSPS) is 11.7. The third kappa shape index (κ3) is 4.73. The second-order valence-corrected chi connectivity index (χ2v) is 10.4.